The highest BCUT2D eigenvalue weighted by molar-refractivity contribution is 5.75. The van der Waals surface area contributed by atoms with E-state index in [-0.39, 0.29) is 30.2 Å². The van der Waals surface area contributed by atoms with Crippen molar-refractivity contribution in [2.24, 2.45) is 0 Å². The molecule has 1 aliphatic heterocycles. The Kier molecular flexibility index (Phi) is 5.97. The maximum atomic E-state index is 13.1. The number of nitrogens with zero attached hydrogens (tertiary/aromatic N) is 3. The highest BCUT2D eigenvalue weighted by Crippen LogP contribution is 2.31. The Morgan fingerprint density at radius 3 is 2.56 bits per heavy atom. The van der Waals surface area contributed by atoms with Crippen LogP contribution in [0.3, 0.4) is 0 Å². The molecule has 3 aromatic rings. The number of nitrogens with one attached hydrogen (secondary N) is 2. The molecule has 2 N–H and O–H groups in total. The fourth-order valence-electron chi connectivity index (χ4n) is 3.53. The van der Waals surface area contributed by atoms with Crippen LogP contribution in [-0.4, -0.2) is 39.0 Å². The third-order valence-corrected chi connectivity index (χ3v) is 5.04. The first-order valence-electron chi connectivity index (χ1n) is 9.86. The smallest absolute Gasteiger partial charge is 0.406 e. The fraction of sp³-hybridized carbons (Fsp3) is 0.286. The number of aromatic nitrogens is 3. The Morgan fingerprint density at radius 1 is 1.16 bits per heavy atom. The number of urea groups is 1. The van der Waals surface area contributed by atoms with Crippen molar-refractivity contribution >= 4 is 6.03 Å². The lowest BCUT2D eigenvalue weighted by Crippen LogP contribution is -2.39. The molecule has 0 radical (unpaired) electrons. The number of ether oxygens (including phenoxy) is 1. The van der Waals surface area contributed by atoms with Crippen LogP contribution in [0.5, 0.6) is 5.75 Å². The average Bonchev–Trinajstić information content (AvgIpc) is 3.42. The standard InChI is InChI=1S/C21H19F4N5O2/c22-15-7-5-14(6-8-15)18-27-19(29-28-18)17-2-1-11-30(17)20(31)26-12-13-3-9-16(10-4-13)32-21(23,24)25/h3-10,17H,1-2,11-12H2,(H,26,31)(H,27,28,29)/t17-/m0/s1. The van der Waals surface area contributed by atoms with Gasteiger partial charge in [-0.25, -0.2) is 14.2 Å². The summed E-state index contributed by atoms with van der Waals surface area (Å²) in [7, 11) is 0. The van der Waals surface area contributed by atoms with Gasteiger partial charge in [0, 0.05) is 18.7 Å². The Labute approximate surface area is 180 Å². The minimum Gasteiger partial charge on any atom is -0.406 e. The Balaban J connectivity index is 1.37. The maximum Gasteiger partial charge on any atom is 0.573 e. The number of carbonyl (C=O) groups excluding carboxylic acids is 1. The highest BCUT2D eigenvalue weighted by atomic mass is 19.4. The predicted octanol–water partition coefficient (Wildman–Crippen LogP) is 4.56. The molecule has 168 valence electrons. The topological polar surface area (TPSA) is 83.1 Å². The van der Waals surface area contributed by atoms with E-state index in [1.165, 1.54) is 36.4 Å². The van der Waals surface area contributed by atoms with Crippen LogP contribution in [0, 0.1) is 5.82 Å². The molecule has 2 aromatic carbocycles. The molecule has 0 saturated carbocycles. The lowest BCUT2D eigenvalue weighted by Gasteiger charge is -2.23. The van der Waals surface area contributed by atoms with Crippen LogP contribution in [0.25, 0.3) is 11.4 Å². The van der Waals surface area contributed by atoms with Crippen LogP contribution in [0.2, 0.25) is 0 Å². The molecular weight excluding hydrogens is 430 g/mol. The lowest BCUT2D eigenvalue weighted by atomic mass is 10.2. The number of amides is 2. The van der Waals surface area contributed by atoms with Crippen LogP contribution in [0.4, 0.5) is 22.4 Å². The Bertz CT molecular complexity index is 1070. The summed E-state index contributed by atoms with van der Waals surface area (Å²) in [4.78, 5) is 18.8. The van der Waals surface area contributed by atoms with Crippen LogP contribution in [0.15, 0.2) is 48.5 Å². The minimum absolute atomic E-state index is 0.144. The predicted molar refractivity (Wildman–Crippen MR) is 106 cm³/mol. The van der Waals surface area contributed by atoms with E-state index in [1.807, 2.05) is 0 Å². The van der Waals surface area contributed by atoms with Crippen LogP contribution in [0.1, 0.15) is 30.3 Å². The summed E-state index contributed by atoms with van der Waals surface area (Å²) in [6.07, 6.45) is -3.26. The first-order valence-corrected chi connectivity index (χ1v) is 9.86. The second-order valence-electron chi connectivity index (χ2n) is 7.25. The van der Waals surface area contributed by atoms with E-state index in [0.717, 1.165) is 6.42 Å². The summed E-state index contributed by atoms with van der Waals surface area (Å²) in [5.41, 5.74) is 1.28. The van der Waals surface area contributed by atoms with Gasteiger partial charge in [-0.05, 0) is 54.8 Å². The van der Waals surface area contributed by atoms with Gasteiger partial charge in [0.05, 0.1) is 6.04 Å². The number of rotatable bonds is 5. The second kappa shape index (κ2) is 8.85. The molecule has 1 aromatic heterocycles. The Hall–Kier alpha value is -3.63. The van der Waals surface area contributed by atoms with E-state index in [1.54, 1.807) is 17.0 Å². The molecule has 0 bridgehead atoms. The van der Waals surface area contributed by atoms with Crippen molar-refractivity contribution in [1.29, 1.82) is 0 Å². The fourth-order valence-corrected chi connectivity index (χ4v) is 3.53. The van der Waals surface area contributed by atoms with Gasteiger partial charge < -0.3 is 15.0 Å². The SMILES string of the molecule is O=C(NCc1ccc(OC(F)(F)F)cc1)N1CCC[C@H]1c1nc(-c2ccc(F)cc2)n[nH]1. The highest BCUT2D eigenvalue weighted by Gasteiger charge is 2.33. The molecule has 2 heterocycles. The number of hydrogen-bond acceptors (Lipinski definition) is 4. The third-order valence-electron chi connectivity index (χ3n) is 5.04. The van der Waals surface area contributed by atoms with Gasteiger partial charge in [0.1, 0.15) is 17.4 Å². The van der Waals surface area contributed by atoms with Crippen molar-refractivity contribution in [3.63, 3.8) is 0 Å². The Morgan fingerprint density at radius 2 is 1.88 bits per heavy atom. The largest absolute Gasteiger partial charge is 0.573 e. The molecule has 1 fully saturated rings. The molecule has 7 nitrogen and oxygen atoms in total. The zero-order chi connectivity index (χ0) is 22.7. The third kappa shape index (κ3) is 5.16. The molecular formula is C21H19F4N5O2. The molecule has 11 heteroatoms. The molecule has 1 saturated heterocycles. The number of carbonyl (C=O) groups is 1. The van der Waals surface area contributed by atoms with E-state index in [4.69, 9.17) is 0 Å². The minimum atomic E-state index is -4.75. The summed E-state index contributed by atoms with van der Waals surface area (Å²) in [5.74, 6) is 0.263. The normalized spacial score (nSPS) is 16.2. The number of H-pyrrole nitrogens is 1. The van der Waals surface area contributed by atoms with E-state index in [2.05, 4.69) is 25.2 Å². The number of benzene rings is 2. The van der Waals surface area contributed by atoms with E-state index in [9.17, 15) is 22.4 Å². The summed E-state index contributed by atoms with van der Waals surface area (Å²) in [6.45, 7) is 0.674. The van der Waals surface area contributed by atoms with Gasteiger partial charge in [0.2, 0.25) is 0 Å². The molecule has 1 atom stereocenters. The van der Waals surface area contributed by atoms with Crippen LogP contribution >= 0.6 is 0 Å². The molecule has 0 unspecified atom stereocenters. The zero-order valence-electron chi connectivity index (χ0n) is 16.7. The summed E-state index contributed by atoms with van der Waals surface area (Å²) in [6, 6.07) is 10.5. The van der Waals surface area contributed by atoms with Crippen LogP contribution < -0.4 is 10.1 Å². The van der Waals surface area contributed by atoms with Crippen LogP contribution in [-0.2, 0) is 6.54 Å². The quantitative estimate of drug-likeness (QED) is 0.560. The maximum absolute atomic E-state index is 13.1. The second-order valence-corrected chi connectivity index (χ2v) is 7.25. The van der Waals surface area contributed by atoms with E-state index >= 15 is 0 Å². The molecule has 1 aliphatic rings. The summed E-state index contributed by atoms with van der Waals surface area (Å²) < 4.78 is 53.7. The van der Waals surface area contributed by atoms with Crippen molar-refractivity contribution in [2.45, 2.75) is 31.8 Å². The van der Waals surface area contributed by atoms with Gasteiger partial charge in [-0.15, -0.1) is 13.2 Å². The first kappa shape index (κ1) is 21.6. The summed E-state index contributed by atoms with van der Waals surface area (Å²) >= 11 is 0. The number of likely N-dealkylation sites (tertiary alicyclic amines) is 1. The number of hydrogen-bond donors (Lipinski definition) is 2. The number of halogens is 4. The van der Waals surface area contributed by atoms with Gasteiger partial charge in [-0.2, -0.15) is 5.10 Å². The number of alkyl halides is 3. The molecule has 2 amide bonds. The zero-order valence-corrected chi connectivity index (χ0v) is 16.7. The molecule has 0 aliphatic carbocycles. The van der Waals surface area contributed by atoms with Gasteiger partial charge >= 0.3 is 12.4 Å². The monoisotopic (exact) mass is 449 g/mol. The van der Waals surface area contributed by atoms with Crippen molar-refractivity contribution in [3.05, 3.63) is 65.7 Å². The van der Waals surface area contributed by atoms with Gasteiger partial charge in [0.25, 0.3) is 0 Å². The van der Waals surface area contributed by atoms with E-state index in [0.29, 0.717) is 35.7 Å². The average molecular weight is 449 g/mol. The molecule has 4 rings (SSSR count). The first-order chi connectivity index (χ1) is 15.3. The van der Waals surface area contributed by atoms with Crippen molar-refractivity contribution in [2.75, 3.05) is 6.54 Å². The summed E-state index contributed by atoms with van der Waals surface area (Å²) in [5, 5.41) is 9.81. The lowest BCUT2D eigenvalue weighted by molar-refractivity contribution is -0.274. The number of aromatic amines is 1. The van der Waals surface area contributed by atoms with Crippen molar-refractivity contribution < 1.29 is 27.1 Å². The van der Waals surface area contributed by atoms with E-state index < -0.39 is 6.36 Å². The molecule has 32 heavy (non-hydrogen) atoms. The van der Waals surface area contributed by atoms with Gasteiger partial charge in [-0.3, -0.25) is 5.10 Å². The van der Waals surface area contributed by atoms with Gasteiger partial charge in [0.15, 0.2) is 5.82 Å². The van der Waals surface area contributed by atoms with Gasteiger partial charge in [-0.1, -0.05) is 12.1 Å². The van der Waals surface area contributed by atoms with Crippen molar-refractivity contribution in [3.8, 4) is 17.1 Å². The molecule has 0 spiro atoms. The van der Waals surface area contributed by atoms with Crippen molar-refractivity contribution in [1.82, 2.24) is 25.4 Å².